The number of rotatable bonds is 10. The van der Waals surface area contributed by atoms with Crippen LogP contribution in [0.25, 0.3) is 0 Å². The lowest BCUT2D eigenvalue weighted by atomic mass is 10.1. The molecule has 2 aromatic rings. The van der Waals surface area contributed by atoms with Crippen molar-refractivity contribution in [3.8, 4) is 17.8 Å². The van der Waals surface area contributed by atoms with Gasteiger partial charge in [0.15, 0.2) is 5.82 Å². The molecule has 2 N–H and O–H groups in total. The molecule has 10 nitrogen and oxygen atoms in total. The molecule has 1 heterocycles. The van der Waals surface area contributed by atoms with Gasteiger partial charge in [0.25, 0.3) is 0 Å². The number of carbonyl (C=O) groups excluding carboxylic acids is 1. The molecule has 10 heteroatoms. The van der Waals surface area contributed by atoms with E-state index in [9.17, 15) is 14.8 Å². The molecular formula is C28H40N6O4. The molecular weight excluding hydrogens is 484 g/mol. The molecule has 1 fully saturated rings. The molecule has 1 amide bonds. The van der Waals surface area contributed by atoms with Gasteiger partial charge in [-0.15, -0.1) is 4.91 Å². The van der Waals surface area contributed by atoms with Gasteiger partial charge in [0.2, 0.25) is 5.95 Å². The maximum Gasteiger partial charge on any atom is 0.317 e. The van der Waals surface area contributed by atoms with Crippen LogP contribution in [0.5, 0.6) is 5.75 Å². The number of nitrogens with zero attached hydrogens (tertiary/aromatic N) is 5. The van der Waals surface area contributed by atoms with Gasteiger partial charge in [-0.3, -0.25) is 4.79 Å². The molecule has 0 saturated heterocycles. The van der Waals surface area contributed by atoms with Crippen LogP contribution in [0.3, 0.4) is 0 Å². The maximum atomic E-state index is 11.9. The second-order valence-electron chi connectivity index (χ2n) is 8.89. The van der Waals surface area contributed by atoms with E-state index in [1.165, 1.54) is 6.07 Å². The minimum Gasteiger partial charge on any atom is -0.491 e. The van der Waals surface area contributed by atoms with Gasteiger partial charge in [0, 0.05) is 30.9 Å². The number of ether oxygens (including phenoxy) is 1. The van der Waals surface area contributed by atoms with Gasteiger partial charge in [-0.05, 0) is 51.2 Å². The number of aliphatic hydroxyl groups is 1. The van der Waals surface area contributed by atoms with Crippen LogP contribution in [-0.4, -0.2) is 53.8 Å². The van der Waals surface area contributed by atoms with Crippen molar-refractivity contribution in [2.24, 2.45) is 5.18 Å². The first-order valence-corrected chi connectivity index (χ1v) is 13.2. The zero-order chi connectivity index (χ0) is 28.2. The predicted molar refractivity (Wildman–Crippen MR) is 152 cm³/mol. The summed E-state index contributed by atoms with van der Waals surface area (Å²) in [6.07, 6.45) is 8.90. The summed E-state index contributed by atoms with van der Waals surface area (Å²) in [5, 5.41) is 15.2. The fourth-order valence-electron chi connectivity index (χ4n) is 4.65. The van der Waals surface area contributed by atoms with Gasteiger partial charge in [-0.1, -0.05) is 33.6 Å². The summed E-state index contributed by atoms with van der Waals surface area (Å²) in [4.78, 5) is 36.4. The Balaban J connectivity index is 0.00000247. The van der Waals surface area contributed by atoms with Crippen molar-refractivity contribution in [3.05, 3.63) is 34.4 Å². The summed E-state index contributed by atoms with van der Waals surface area (Å²) in [6.45, 7) is 9.95. The summed E-state index contributed by atoms with van der Waals surface area (Å²) >= 11 is 0. The summed E-state index contributed by atoms with van der Waals surface area (Å²) in [6, 6.07) is 3.23. The average Bonchev–Trinajstić information content (AvgIpc) is 3.45. The Morgan fingerprint density at radius 3 is 2.50 bits per heavy atom. The Hall–Kier alpha value is -3.87. The van der Waals surface area contributed by atoms with Crippen molar-refractivity contribution in [2.45, 2.75) is 78.8 Å². The van der Waals surface area contributed by atoms with Crippen molar-refractivity contribution in [1.29, 1.82) is 0 Å². The molecule has 1 atom stereocenters. The normalized spacial score (nSPS) is 13.3. The van der Waals surface area contributed by atoms with Gasteiger partial charge >= 0.3 is 5.91 Å². The van der Waals surface area contributed by atoms with Gasteiger partial charge < -0.3 is 25.0 Å². The van der Waals surface area contributed by atoms with Crippen LogP contribution < -0.4 is 19.9 Å². The lowest BCUT2D eigenvalue weighted by Crippen LogP contribution is -2.42. The third kappa shape index (κ3) is 6.91. The van der Waals surface area contributed by atoms with Crippen molar-refractivity contribution < 1.29 is 14.6 Å². The molecule has 1 unspecified atom stereocenters. The van der Waals surface area contributed by atoms with Crippen molar-refractivity contribution in [2.75, 3.05) is 35.8 Å². The Morgan fingerprint density at radius 1 is 1.26 bits per heavy atom. The van der Waals surface area contributed by atoms with Crippen LogP contribution in [0, 0.1) is 23.9 Å². The van der Waals surface area contributed by atoms with Crippen LogP contribution in [0.4, 0.5) is 23.1 Å². The van der Waals surface area contributed by atoms with E-state index in [1.54, 1.807) is 19.2 Å². The number of carbonyl (C=O) groups is 1. The molecule has 1 aromatic heterocycles. The van der Waals surface area contributed by atoms with E-state index >= 15 is 0 Å². The fraction of sp³-hybridized carbons (Fsp3) is 0.536. The largest absolute Gasteiger partial charge is 0.491 e. The zero-order valence-electron chi connectivity index (χ0n) is 23.5. The highest BCUT2D eigenvalue weighted by molar-refractivity contribution is 5.97. The standard InChI is InChI=1S/C26H34N6O4.C2H6/c1-6-18(14-15-33)32(19-10-8-9-11-19)24-22(31(4)5)16-27-26(29-24)28-21-13-12-20(25(34)30-35)17(3)23(21)36-7-2;1-2/h12-13,16,18-19,33H,6-11H2,1-5H3,(H,27,28,29);1-2H3. The van der Waals surface area contributed by atoms with Gasteiger partial charge in [0.05, 0.1) is 35.8 Å². The Bertz CT molecular complexity index is 1150. The highest BCUT2D eigenvalue weighted by Crippen LogP contribution is 2.37. The second-order valence-corrected chi connectivity index (χ2v) is 8.89. The maximum absolute atomic E-state index is 11.9. The summed E-state index contributed by atoms with van der Waals surface area (Å²) < 4.78 is 5.81. The van der Waals surface area contributed by atoms with Gasteiger partial charge in [0.1, 0.15) is 11.9 Å². The Labute approximate surface area is 225 Å². The summed E-state index contributed by atoms with van der Waals surface area (Å²) in [5.74, 6) is 3.60. The summed E-state index contributed by atoms with van der Waals surface area (Å²) in [5.41, 5.74) is 2.09. The first-order valence-electron chi connectivity index (χ1n) is 13.2. The SMILES string of the molecule is CC.CCOc1c(Nc2ncc(N(C)C)c(N(C(C#CO)CC)C3CCCC3)n2)ccc(C(=O)N=O)c1C. The molecule has 0 aliphatic heterocycles. The van der Waals surface area contributed by atoms with E-state index in [2.05, 4.69) is 32.4 Å². The van der Waals surface area contributed by atoms with Crippen LogP contribution >= 0.6 is 0 Å². The molecule has 0 bridgehead atoms. The molecule has 0 spiro atoms. The van der Waals surface area contributed by atoms with Crippen molar-refractivity contribution in [1.82, 2.24) is 9.97 Å². The van der Waals surface area contributed by atoms with Crippen molar-refractivity contribution in [3.63, 3.8) is 0 Å². The van der Waals surface area contributed by atoms with E-state index < -0.39 is 5.91 Å². The fourth-order valence-corrected chi connectivity index (χ4v) is 4.65. The smallest absolute Gasteiger partial charge is 0.317 e. The number of amides is 1. The van der Waals surface area contributed by atoms with Crippen LogP contribution in [0.1, 0.15) is 75.7 Å². The van der Waals surface area contributed by atoms with Crippen molar-refractivity contribution >= 4 is 29.0 Å². The van der Waals surface area contributed by atoms with E-state index in [0.717, 1.165) is 43.6 Å². The highest BCUT2D eigenvalue weighted by Gasteiger charge is 2.31. The number of nitroso groups, excluding NO2 is 1. The van der Waals surface area contributed by atoms with Crippen LogP contribution in [0.2, 0.25) is 0 Å². The van der Waals surface area contributed by atoms with Gasteiger partial charge in [-0.2, -0.15) is 4.98 Å². The first-order chi connectivity index (χ1) is 18.4. The van der Waals surface area contributed by atoms with Crippen LogP contribution in [0.15, 0.2) is 23.5 Å². The van der Waals surface area contributed by atoms with E-state index in [1.807, 2.05) is 46.7 Å². The molecule has 1 aromatic carbocycles. The topological polar surface area (TPSA) is 120 Å². The van der Waals surface area contributed by atoms with Gasteiger partial charge in [-0.25, -0.2) is 4.98 Å². The Kier molecular flexibility index (Phi) is 11.8. The molecule has 3 rings (SSSR count). The van der Waals surface area contributed by atoms with E-state index in [4.69, 9.17) is 9.72 Å². The second kappa shape index (κ2) is 14.8. The van der Waals surface area contributed by atoms with Crippen LogP contribution in [-0.2, 0) is 0 Å². The number of benzene rings is 1. The third-order valence-corrected chi connectivity index (χ3v) is 6.40. The summed E-state index contributed by atoms with van der Waals surface area (Å²) in [7, 11) is 3.88. The molecule has 0 radical (unpaired) electrons. The third-order valence-electron chi connectivity index (χ3n) is 6.40. The number of hydrogen-bond acceptors (Lipinski definition) is 9. The minimum absolute atomic E-state index is 0.185. The zero-order valence-corrected chi connectivity index (χ0v) is 23.5. The number of aliphatic hydroxyl groups excluding tert-OH is 1. The van der Waals surface area contributed by atoms with E-state index in [-0.39, 0.29) is 17.6 Å². The highest BCUT2D eigenvalue weighted by atomic mass is 16.5. The molecule has 206 valence electrons. The molecule has 1 saturated carbocycles. The van der Waals surface area contributed by atoms with E-state index in [0.29, 0.717) is 29.6 Å². The lowest BCUT2D eigenvalue weighted by Gasteiger charge is -2.36. The Morgan fingerprint density at radius 2 is 1.95 bits per heavy atom. The molecule has 38 heavy (non-hydrogen) atoms. The quantitative estimate of drug-likeness (QED) is 0.294. The lowest BCUT2D eigenvalue weighted by molar-refractivity contribution is 0.0999. The molecule has 1 aliphatic rings. The number of anilines is 4. The number of hydrogen-bond donors (Lipinski definition) is 2. The first kappa shape index (κ1) is 30.4. The predicted octanol–water partition coefficient (Wildman–Crippen LogP) is 5.79. The monoisotopic (exact) mass is 524 g/mol. The average molecular weight is 525 g/mol. The number of nitrogens with one attached hydrogen (secondary N) is 1. The molecule has 1 aliphatic carbocycles. The number of aromatic nitrogens is 2. The minimum atomic E-state index is -0.850.